The molecule has 0 spiro atoms. The van der Waals surface area contributed by atoms with Crippen LogP contribution in [0.25, 0.3) is 0 Å². The zero-order valence-corrected chi connectivity index (χ0v) is 29.9. The summed E-state index contributed by atoms with van der Waals surface area (Å²) in [7, 11) is 0. The number of hydrogen-bond acceptors (Lipinski definition) is 12. The van der Waals surface area contributed by atoms with Gasteiger partial charge in [-0.25, -0.2) is 4.79 Å². The number of ketones is 1. The van der Waals surface area contributed by atoms with Crippen LogP contribution in [-0.2, 0) is 33.4 Å². The van der Waals surface area contributed by atoms with Gasteiger partial charge in [0.2, 0.25) is 5.91 Å². The highest BCUT2D eigenvalue weighted by molar-refractivity contribution is 5.93. The Hall–Kier alpha value is -2.42. The maximum absolute atomic E-state index is 14.4. The summed E-state index contributed by atoms with van der Waals surface area (Å²) in [5.41, 5.74) is -7.92. The van der Waals surface area contributed by atoms with E-state index in [1.54, 1.807) is 41.5 Å². The van der Waals surface area contributed by atoms with Crippen molar-refractivity contribution in [3.8, 4) is 0 Å². The van der Waals surface area contributed by atoms with Gasteiger partial charge in [0.25, 0.3) is 0 Å². The molecular formula is C36H55NO12. The van der Waals surface area contributed by atoms with Crippen molar-refractivity contribution in [1.29, 1.82) is 0 Å². The summed E-state index contributed by atoms with van der Waals surface area (Å²) in [6.45, 7) is 12.1. The summed E-state index contributed by atoms with van der Waals surface area (Å²) in [6.07, 6.45) is -5.39. The van der Waals surface area contributed by atoms with E-state index >= 15 is 0 Å². The van der Waals surface area contributed by atoms with Crippen LogP contribution in [0.3, 0.4) is 0 Å². The van der Waals surface area contributed by atoms with Crippen molar-refractivity contribution in [2.24, 2.45) is 28.1 Å². The molecule has 4 aliphatic carbocycles. The van der Waals surface area contributed by atoms with E-state index in [9.17, 15) is 44.7 Å². The molecule has 1 unspecified atom stereocenters. The number of ether oxygens (including phenoxy) is 3. The van der Waals surface area contributed by atoms with Gasteiger partial charge in [0.1, 0.15) is 29.5 Å². The lowest BCUT2D eigenvalue weighted by Crippen LogP contribution is -2.81. The van der Waals surface area contributed by atoms with Gasteiger partial charge in [0.15, 0.2) is 11.9 Å². The molecule has 276 valence electrons. The maximum Gasteiger partial charge on any atom is 0.337 e. The van der Waals surface area contributed by atoms with Crippen LogP contribution in [0.2, 0.25) is 0 Å². The van der Waals surface area contributed by atoms with Crippen molar-refractivity contribution in [3.05, 3.63) is 11.1 Å². The molecule has 0 aromatic carbocycles. The van der Waals surface area contributed by atoms with Gasteiger partial charge >= 0.3 is 11.9 Å². The van der Waals surface area contributed by atoms with E-state index in [0.717, 1.165) is 26.2 Å². The van der Waals surface area contributed by atoms with E-state index < -0.39 is 100 Å². The number of hydrogen-bond donors (Lipinski definition) is 6. The zero-order chi connectivity index (χ0) is 36.6. The molecular weight excluding hydrogens is 638 g/mol. The lowest BCUT2D eigenvalue weighted by Gasteiger charge is -2.66. The summed E-state index contributed by atoms with van der Waals surface area (Å²) < 4.78 is 17.4. The van der Waals surface area contributed by atoms with E-state index in [0.29, 0.717) is 12.8 Å². The first kappa shape index (κ1) is 37.8. The van der Waals surface area contributed by atoms with Crippen LogP contribution in [0.4, 0.5) is 0 Å². The second-order valence-electron chi connectivity index (χ2n) is 17.0. The molecule has 3 saturated carbocycles. The quantitative estimate of drug-likeness (QED) is 0.172. The van der Waals surface area contributed by atoms with Gasteiger partial charge in [-0.1, -0.05) is 53.9 Å². The summed E-state index contributed by atoms with van der Waals surface area (Å²) >= 11 is 0. The van der Waals surface area contributed by atoms with Gasteiger partial charge in [-0.15, -0.1) is 0 Å². The first-order chi connectivity index (χ1) is 22.5. The number of rotatable bonds is 6. The molecule has 13 nitrogen and oxygen atoms in total. The molecule has 13 heteroatoms. The molecule has 1 saturated heterocycles. The summed E-state index contributed by atoms with van der Waals surface area (Å²) in [5.74, 6) is -4.70. The van der Waals surface area contributed by atoms with Crippen LogP contribution in [0.5, 0.6) is 0 Å². The average Bonchev–Trinajstić information content (AvgIpc) is 3.01. The first-order valence-electron chi connectivity index (χ1n) is 17.6. The molecule has 1 aliphatic heterocycles. The van der Waals surface area contributed by atoms with Crippen LogP contribution in [0.1, 0.15) is 100 Å². The summed E-state index contributed by atoms with van der Waals surface area (Å²) in [5, 5.41) is 62.6. The van der Waals surface area contributed by atoms with Crippen molar-refractivity contribution in [2.45, 2.75) is 154 Å². The van der Waals surface area contributed by atoms with E-state index in [2.05, 4.69) is 5.32 Å². The largest absolute Gasteiger partial charge is 0.459 e. The Balaban J connectivity index is 1.58. The molecule has 2 bridgehead atoms. The van der Waals surface area contributed by atoms with Crippen molar-refractivity contribution < 1.29 is 58.9 Å². The third-order valence-electron chi connectivity index (χ3n) is 12.6. The fraction of sp³-hybridized carbons (Fsp3) is 0.833. The Morgan fingerprint density at radius 3 is 2.16 bits per heavy atom. The van der Waals surface area contributed by atoms with Crippen LogP contribution in [0.15, 0.2) is 11.1 Å². The topological polar surface area (TPSA) is 209 Å². The number of aliphatic hydroxyl groups is 5. The smallest absolute Gasteiger partial charge is 0.337 e. The minimum absolute atomic E-state index is 0.0198. The average molecular weight is 694 g/mol. The number of amides is 1. The molecule has 49 heavy (non-hydrogen) atoms. The third-order valence-corrected chi connectivity index (χ3v) is 12.6. The molecule has 5 aliphatic rings. The van der Waals surface area contributed by atoms with E-state index in [1.807, 2.05) is 0 Å². The third kappa shape index (κ3) is 5.86. The van der Waals surface area contributed by atoms with E-state index in [-0.39, 0.29) is 36.0 Å². The minimum atomic E-state index is -2.19. The maximum atomic E-state index is 14.4. The predicted molar refractivity (Wildman–Crippen MR) is 173 cm³/mol. The number of carbonyl (C=O) groups excluding carboxylic acids is 4. The Bertz CT molecular complexity index is 1400. The van der Waals surface area contributed by atoms with Gasteiger partial charge in [-0.3, -0.25) is 14.4 Å². The number of carbonyl (C=O) groups is 4. The highest BCUT2D eigenvalue weighted by Gasteiger charge is 2.76. The minimum Gasteiger partial charge on any atom is -0.459 e. The van der Waals surface area contributed by atoms with E-state index in [1.165, 1.54) is 6.92 Å². The van der Waals surface area contributed by atoms with Crippen molar-refractivity contribution in [2.75, 3.05) is 6.61 Å². The molecule has 0 aromatic rings. The Labute approximate surface area is 287 Å². The van der Waals surface area contributed by atoms with Gasteiger partial charge in [-0.05, 0) is 43.8 Å². The van der Waals surface area contributed by atoms with Crippen LogP contribution >= 0.6 is 0 Å². The van der Waals surface area contributed by atoms with Crippen LogP contribution in [0, 0.1) is 28.1 Å². The number of aliphatic hydroxyl groups excluding tert-OH is 3. The summed E-state index contributed by atoms with van der Waals surface area (Å²) in [6, 6.07) is -0.948. The lowest BCUT2D eigenvalue weighted by molar-refractivity contribution is -0.345. The standard InChI is InChI=1S/C36H55NO12/c1-17-20(49-30(43)26(41)24(19-12-10-9-11-13-19)37-31(44)32(3,4)5)15-36(46)29(48-18(2)38)27-34(8,21(39)14-22-35(27,45)16-47-22)28(42)25(40)23(17)33(36,6)7/h19-22,24-27,29,39-41,45-46H,9-16H2,1-8H3,(H,37,44)/t20?,21-,22+,24-,25+,26+,27-,29-,34+,35-,36+/m0/s1. The highest BCUT2D eigenvalue weighted by atomic mass is 16.6. The molecule has 5 rings (SSSR count). The fourth-order valence-electron chi connectivity index (χ4n) is 9.47. The van der Waals surface area contributed by atoms with Crippen LogP contribution in [-0.4, -0.2) is 110 Å². The Morgan fingerprint density at radius 1 is 1.02 bits per heavy atom. The van der Waals surface area contributed by atoms with Crippen molar-refractivity contribution in [3.63, 3.8) is 0 Å². The van der Waals surface area contributed by atoms with Crippen LogP contribution < -0.4 is 5.32 Å². The number of fused-ring (bicyclic) bond motifs is 5. The Kier molecular flexibility index (Phi) is 9.77. The van der Waals surface area contributed by atoms with Gasteiger partial charge in [0, 0.05) is 36.5 Å². The lowest BCUT2D eigenvalue weighted by atomic mass is 9.45. The van der Waals surface area contributed by atoms with Gasteiger partial charge in [0.05, 0.1) is 30.3 Å². The molecule has 1 heterocycles. The molecule has 0 radical (unpaired) electrons. The molecule has 6 N–H and O–H groups in total. The molecule has 11 atom stereocenters. The molecule has 1 amide bonds. The first-order valence-corrected chi connectivity index (χ1v) is 17.6. The normalized spacial score (nSPS) is 40.4. The monoisotopic (exact) mass is 693 g/mol. The predicted octanol–water partition coefficient (Wildman–Crippen LogP) is 1.24. The summed E-state index contributed by atoms with van der Waals surface area (Å²) in [4.78, 5) is 54.1. The number of Topliss-reactive ketones (excluding diaryl/α,β-unsaturated/α-hetero) is 1. The Morgan fingerprint density at radius 2 is 1.63 bits per heavy atom. The zero-order valence-electron chi connectivity index (χ0n) is 29.9. The van der Waals surface area contributed by atoms with Crippen molar-refractivity contribution in [1.82, 2.24) is 5.32 Å². The SMILES string of the molecule is CC(=O)O[C@H]1[C@@H]2[C@]3(O)CO[C@@H]3C[C@H](O)[C@@]2(C)C(=O)[C@H](O)C2=C(C)C(OC(=O)[C@H](O)[C@@H](NC(=O)C(C)(C)C)C3CCCCC3)C[C@]1(O)C2(C)C. The van der Waals surface area contributed by atoms with Gasteiger partial charge in [-0.2, -0.15) is 0 Å². The highest BCUT2D eigenvalue weighted by Crippen LogP contribution is 2.63. The second kappa shape index (κ2) is 12.7. The van der Waals surface area contributed by atoms with Crippen molar-refractivity contribution >= 4 is 23.6 Å². The van der Waals surface area contributed by atoms with Gasteiger partial charge < -0.3 is 45.1 Å². The fourth-order valence-corrected chi connectivity index (χ4v) is 9.47. The number of esters is 2. The molecule has 4 fully saturated rings. The van der Waals surface area contributed by atoms with E-state index in [4.69, 9.17) is 14.2 Å². The molecule has 0 aromatic heterocycles. The number of nitrogens with one attached hydrogen (secondary N) is 1. The second-order valence-corrected chi connectivity index (χ2v) is 17.0.